The summed E-state index contributed by atoms with van der Waals surface area (Å²) in [5.41, 5.74) is 4.97. The van der Waals surface area contributed by atoms with Crippen LogP contribution in [-0.2, 0) is 12.1 Å². The van der Waals surface area contributed by atoms with Crippen molar-refractivity contribution in [3.05, 3.63) is 70.8 Å². The topological polar surface area (TPSA) is 26.7 Å². The van der Waals surface area contributed by atoms with Crippen molar-refractivity contribution in [3.8, 4) is 0 Å². The Bertz CT molecular complexity index is 693. The van der Waals surface area contributed by atoms with Gasteiger partial charge in [0.25, 0.3) is 0 Å². The lowest BCUT2D eigenvalue weighted by Crippen LogP contribution is -2.59. The Morgan fingerprint density at radius 2 is 1.68 bits per heavy atom. The first-order chi connectivity index (χ1) is 11.9. The van der Waals surface area contributed by atoms with Crippen LogP contribution in [0.1, 0.15) is 28.7 Å². The summed E-state index contributed by atoms with van der Waals surface area (Å²) >= 11 is 0. The van der Waals surface area contributed by atoms with Crippen LogP contribution in [0.4, 0.5) is 0 Å². The molecule has 0 aliphatic carbocycles. The van der Waals surface area contributed by atoms with Crippen molar-refractivity contribution in [2.24, 2.45) is 0 Å². The molecule has 3 nitrogen and oxygen atoms in total. The molecule has 2 aromatic rings. The number of benzene rings is 2. The molecular formula is C22H30N2O. The van der Waals surface area contributed by atoms with Crippen LogP contribution in [0.3, 0.4) is 0 Å². The highest BCUT2D eigenvalue weighted by Gasteiger charge is 2.45. The van der Waals surface area contributed by atoms with Gasteiger partial charge in [0.15, 0.2) is 0 Å². The minimum absolute atomic E-state index is 0.307. The summed E-state index contributed by atoms with van der Waals surface area (Å²) in [7, 11) is 4.16. The zero-order chi connectivity index (χ0) is 18.0. The second-order valence-electron chi connectivity index (χ2n) is 7.56. The number of hydrogen-bond donors (Lipinski definition) is 1. The van der Waals surface area contributed by atoms with Crippen LogP contribution in [0.2, 0.25) is 0 Å². The highest BCUT2D eigenvalue weighted by Crippen LogP contribution is 2.38. The van der Waals surface area contributed by atoms with E-state index in [1.165, 1.54) is 22.3 Å². The molecule has 0 aromatic heterocycles. The summed E-state index contributed by atoms with van der Waals surface area (Å²) in [4.78, 5) is 4.59. The van der Waals surface area contributed by atoms with Crippen LogP contribution < -0.4 is 0 Å². The van der Waals surface area contributed by atoms with Gasteiger partial charge < -0.3 is 5.11 Å². The average Bonchev–Trinajstić information content (AvgIpc) is 2.59. The Hall–Kier alpha value is -1.68. The van der Waals surface area contributed by atoms with Crippen molar-refractivity contribution in [1.29, 1.82) is 0 Å². The van der Waals surface area contributed by atoms with Gasteiger partial charge >= 0.3 is 0 Å². The fraction of sp³-hybridized carbons (Fsp3) is 0.455. The summed E-state index contributed by atoms with van der Waals surface area (Å²) in [5, 5.41) is 11.1. The molecule has 134 valence electrons. The van der Waals surface area contributed by atoms with Gasteiger partial charge in [-0.25, -0.2) is 0 Å². The second-order valence-corrected chi connectivity index (χ2v) is 7.56. The van der Waals surface area contributed by atoms with Crippen molar-refractivity contribution in [2.45, 2.75) is 38.5 Å². The second kappa shape index (κ2) is 7.28. The predicted octanol–water partition coefficient (Wildman–Crippen LogP) is 3.33. The van der Waals surface area contributed by atoms with Crippen LogP contribution in [0.15, 0.2) is 48.5 Å². The van der Waals surface area contributed by atoms with Crippen molar-refractivity contribution >= 4 is 0 Å². The first kappa shape index (κ1) is 18.1. The molecule has 1 N–H and O–H groups in total. The number of aryl methyl sites for hydroxylation is 2. The van der Waals surface area contributed by atoms with Crippen LogP contribution in [-0.4, -0.2) is 48.2 Å². The molecule has 0 saturated carbocycles. The number of aliphatic hydroxyl groups is 1. The monoisotopic (exact) mass is 338 g/mol. The van der Waals surface area contributed by atoms with E-state index in [-0.39, 0.29) is 5.54 Å². The Labute approximate surface area is 151 Å². The molecular weight excluding hydrogens is 308 g/mol. The van der Waals surface area contributed by atoms with E-state index in [1.54, 1.807) is 0 Å². The van der Waals surface area contributed by atoms with E-state index in [0.29, 0.717) is 6.54 Å². The zero-order valence-electron chi connectivity index (χ0n) is 15.9. The molecule has 1 aliphatic rings. The zero-order valence-corrected chi connectivity index (χ0v) is 15.9. The third kappa shape index (κ3) is 3.37. The molecule has 0 spiro atoms. The number of hydrogen-bond acceptors (Lipinski definition) is 3. The Kier molecular flexibility index (Phi) is 5.28. The number of nitrogens with zero attached hydrogens (tertiary/aromatic N) is 2. The third-order valence-corrected chi connectivity index (χ3v) is 5.89. The molecule has 0 unspecified atom stereocenters. The van der Waals surface area contributed by atoms with Gasteiger partial charge in [-0.3, -0.25) is 9.80 Å². The highest BCUT2D eigenvalue weighted by atomic mass is 16.3. The fourth-order valence-electron chi connectivity index (χ4n) is 4.29. The molecule has 0 radical (unpaired) electrons. The molecule has 1 fully saturated rings. The SMILES string of the molecule is Cc1cccc(C)c1CN1CC[C@@](c2ccccc2)(N(C)C)[C@H](O)C1. The maximum absolute atomic E-state index is 11.1. The summed E-state index contributed by atoms with van der Waals surface area (Å²) in [6.45, 7) is 6.94. The van der Waals surface area contributed by atoms with Crippen LogP contribution >= 0.6 is 0 Å². The van der Waals surface area contributed by atoms with Crippen LogP contribution in [0.5, 0.6) is 0 Å². The molecule has 0 amide bonds. The van der Waals surface area contributed by atoms with Crippen molar-refractivity contribution in [2.75, 3.05) is 27.2 Å². The van der Waals surface area contributed by atoms with E-state index in [4.69, 9.17) is 0 Å². The van der Waals surface area contributed by atoms with Gasteiger partial charge in [0.2, 0.25) is 0 Å². The summed E-state index contributed by atoms with van der Waals surface area (Å²) < 4.78 is 0. The van der Waals surface area contributed by atoms with E-state index in [9.17, 15) is 5.11 Å². The number of rotatable bonds is 4. The number of piperidine rings is 1. The maximum Gasteiger partial charge on any atom is 0.0892 e. The largest absolute Gasteiger partial charge is 0.389 e. The Balaban J connectivity index is 1.82. The molecule has 1 heterocycles. The summed E-state index contributed by atoms with van der Waals surface area (Å²) in [5.74, 6) is 0. The van der Waals surface area contributed by atoms with E-state index >= 15 is 0 Å². The van der Waals surface area contributed by atoms with Crippen LogP contribution in [0.25, 0.3) is 0 Å². The van der Waals surface area contributed by atoms with E-state index in [0.717, 1.165) is 19.5 Å². The molecule has 3 rings (SSSR count). The van der Waals surface area contributed by atoms with Crippen molar-refractivity contribution < 1.29 is 5.11 Å². The number of β-amino-alcohol motifs (C(OH)–C–C–N with tert-alkyl or cyclic N) is 1. The normalized spacial score (nSPS) is 24.6. The molecule has 1 aliphatic heterocycles. The van der Waals surface area contributed by atoms with Gasteiger partial charge in [-0.1, -0.05) is 48.5 Å². The summed E-state index contributed by atoms with van der Waals surface area (Å²) in [6.07, 6.45) is 0.513. The third-order valence-electron chi connectivity index (χ3n) is 5.89. The number of likely N-dealkylation sites (N-methyl/N-ethyl adjacent to an activating group) is 1. The molecule has 25 heavy (non-hydrogen) atoms. The molecule has 3 heteroatoms. The summed E-state index contributed by atoms with van der Waals surface area (Å²) in [6, 6.07) is 16.9. The molecule has 2 atom stereocenters. The number of likely N-dealkylation sites (tertiary alicyclic amines) is 1. The van der Waals surface area contributed by atoms with E-state index < -0.39 is 6.10 Å². The van der Waals surface area contributed by atoms with Gasteiger partial charge in [0.1, 0.15) is 0 Å². The number of aliphatic hydroxyl groups excluding tert-OH is 1. The van der Waals surface area contributed by atoms with Gasteiger partial charge in [0.05, 0.1) is 11.6 Å². The standard InChI is InChI=1S/C22H30N2O/c1-17-9-8-10-18(2)20(17)15-24-14-13-22(23(3)4,21(25)16-24)19-11-6-5-7-12-19/h5-12,21,25H,13-16H2,1-4H3/t21-,22+/m1/s1. The first-order valence-corrected chi connectivity index (χ1v) is 9.13. The minimum Gasteiger partial charge on any atom is -0.389 e. The van der Waals surface area contributed by atoms with E-state index in [1.807, 2.05) is 6.07 Å². The average molecular weight is 338 g/mol. The minimum atomic E-state index is -0.414. The highest BCUT2D eigenvalue weighted by molar-refractivity contribution is 5.34. The van der Waals surface area contributed by atoms with Gasteiger partial charge in [-0.2, -0.15) is 0 Å². The quantitative estimate of drug-likeness (QED) is 0.926. The molecule has 1 saturated heterocycles. The van der Waals surface area contributed by atoms with E-state index in [2.05, 4.69) is 80.2 Å². The Morgan fingerprint density at radius 1 is 1.04 bits per heavy atom. The Morgan fingerprint density at radius 3 is 2.24 bits per heavy atom. The smallest absolute Gasteiger partial charge is 0.0892 e. The fourth-order valence-corrected chi connectivity index (χ4v) is 4.29. The van der Waals surface area contributed by atoms with Gasteiger partial charge in [0, 0.05) is 19.6 Å². The van der Waals surface area contributed by atoms with Crippen LogP contribution in [0, 0.1) is 13.8 Å². The lowest BCUT2D eigenvalue weighted by atomic mass is 9.77. The lowest BCUT2D eigenvalue weighted by Gasteiger charge is -2.50. The van der Waals surface area contributed by atoms with Crippen molar-refractivity contribution in [1.82, 2.24) is 9.80 Å². The predicted molar refractivity (Wildman–Crippen MR) is 104 cm³/mol. The van der Waals surface area contributed by atoms with Gasteiger partial charge in [-0.05, 0) is 56.6 Å². The van der Waals surface area contributed by atoms with Crippen molar-refractivity contribution in [3.63, 3.8) is 0 Å². The molecule has 0 bridgehead atoms. The molecule has 2 aromatic carbocycles. The lowest BCUT2D eigenvalue weighted by molar-refractivity contribution is -0.0703. The maximum atomic E-state index is 11.1. The first-order valence-electron chi connectivity index (χ1n) is 9.13. The van der Waals surface area contributed by atoms with Gasteiger partial charge in [-0.15, -0.1) is 0 Å².